The standard InChI is InChI=1S/C25H30N4O6/c1-34-25(35-2)8-10-26(11-9-25)24(31)18-6-7-21(22(13-18)29(32)33)27-14-17-12-19(16-27)20-4-3-5-23(30)28(20)15-17/h3-7,13,17,19H,8-12,14-16H2,1-2H3. The Kier molecular flexibility index (Phi) is 6.10. The van der Waals surface area contributed by atoms with Gasteiger partial charge >= 0.3 is 0 Å². The molecule has 0 saturated carbocycles. The summed E-state index contributed by atoms with van der Waals surface area (Å²) in [6.07, 6.45) is 2.03. The third kappa shape index (κ3) is 4.21. The molecule has 2 saturated heterocycles. The summed E-state index contributed by atoms with van der Waals surface area (Å²) >= 11 is 0. The average molecular weight is 483 g/mol. The van der Waals surface area contributed by atoms with Crippen LogP contribution in [0, 0.1) is 16.0 Å². The highest BCUT2D eigenvalue weighted by molar-refractivity contribution is 5.96. The Morgan fingerprint density at radius 3 is 2.51 bits per heavy atom. The van der Waals surface area contributed by atoms with Gasteiger partial charge in [0.25, 0.3) is 17.2 Å². The number of fused-ring (bicyclic) bond motifs is 4. The molecule has 10 heteroatoms. The van der Waals surface area contributed by atoms with Gasteiger partial charge in [0.15, 0.2) is 5.79 Å². The molecule has 1 amide bonds. The van der Waals surface area contributed by atoms with E-state index >= 15 is 0 Å². The van der Waals surface area contributed by atoms with Gasteiger partial charge in [0.1, 0.15) is 5.69 Å². The lowest BCUT2D eigenvalue weighted by Crippen LogP contribution is -2.48. The Labute approximate surface area is 203 Å². The molecule has 2 bridgehead atoms. The van der Waals surface area contributed by atoms with E-state index in [9.17, 15) is 19.7 Å². The van der Waals surface area contributed by atoms with Crippen LogP contribution in [-0.4, -0.2) is 66.5 Å². The maximum Gasteiger partial charge on any atom is 0.293 e. The summed E-state index contributed by atoms with van der Waals surface area (Å²) in [5, 5.41) is 12.0. The van der Waals surface area contributed by atoms with Gasteiger partial charge in [0, 0.05) is 89.1 Å². The molecule has 2 fully saturated rings. The fourth-order valence-corrected chi connectivity index (χ4v) is 5.89. The summed E-state index contributed by atoms with van der Waals surface area (Å²) in [7, 11) is 3.18. The quantitative estimate of drug-likeness (QED) is 0.366. The van der Waals surface area contributed by atoms with Gasteiger partial charge in [-0.15, -0.1) is 0 Å². The van der Waals surface area contributed by atoms with Crippen LogP contribution in [0.3, 0.4) is 0 Å². The number of piperidine rings is 2. The van der Waals surface area contributed by atoms with E-state index in [1.165, 1.54) is 6.07 Å². The molecule has 2 atom stereocenters. The zero-order chi connectivity index (χ0) is 24.7. The minimum atomic E-state index is -0.692. The van der Waals surface area contributed by atoms with Crippen LogP contribution < -0.4 is 10.5 Å². The van der Waals surface area contributed by atoms with Gasteiger partial charge in [-0.1, -0.05) is 6.07 Å². The average Bonchev–Trinajstić information content (AvgIpc) is 2.88. The second-order valence-electron chi connectivity index (χ2n) is 9.67. The zero-order valence-electron chi connectivity index (χ0n) is 20.0. The largest absolute Gasteiger partial charge is 0.365 e. The summed E-state index contributed by atoms with van der Waals surface area (Å²) in [6, 6.07) is 10.1. The molecule has 2 aromatic rings. The van der Waals surface area contributed by atoms with Crippen molar-refractivity contribution in [2.75, 3.05) is 45.3 Å². The molecule has 4 heterocycles. The van der Waals surface area contributed by atoms with Crippen molar-refractivity contribution in [3.05, 3.63) is 68.1 Å². The second kappa shape index (κ2) is 9.09. The van der Waals surface area contributed by atoms with Gasteiger partial charge in [0.05, 0.1) is 4.92 Å². The van der Waals surface area contributed by atoms with Crippen molar-refractivity contribution in [1.29, 1.82) is 0 Å². The van der Waals surface area contributed by atoms with Gasteiger partial charge < -0.3 is 23.8 Å². The number of nitro groups is 1. The molecule has 1 aromatic heterocycles. The number of benzene rings is 1. The molecule has 186 valence electrons. The van der Waals surface area contributed by atoms with E-state index in [2.05, 4.69) is 0 Å². The maximum absolute atomic E-state index is 13.2. The Hall–Kier alpha value is -3.24. The number of nitro benzene ring substituents is 1. The first-order chi connectivity index (χ1) is 16.8. The molecule has 10 nitrogen and oxygen atoms in total. The van der Waals surface area contributed by atoms with Crippen LogP contribution in [-0.2, 0) is 16.0 Å². The molecule has 5 rings (SSSR count). The van der Waals surface area contributed by atoms with Crippen molar-refractivity contribution in [2.45, 2.75) is 37.5 Å². The minimum absolute atomic E-state index is 0.00504. The van der Waals surface area contributed by atoms with E-state index in [0.717, 1.165) is 12.1 Å². The van der Waals surface area contributed by atoms with E-state index in [1.807, 2.05) is 15.5 Å². The fraction of sp³-hybridized carbons (Fsp3) is 0.520. The number of hydrogen-bond donors (Lipinski definition) is 0. The number of methoxy groups -OCH3 is 2. The number of rotatable bonds is 5. The number of hydrogen-bond acceptors (Lipinski definition) is 7. The summed E-state index contributed by atoms with van der Waals surface area (Å²) in [4.78, 5) is 40.8. The Morgan fingerprint density at radius 1 is 1.09 bits per heavy atom. The number of ether oxygens (including phenoxy) is 2. The van der Waals surface area contributed by atoms with Crippen molar-refractivity contribution in [3.63, 3.8) is 0 Å². The van der Waals surface area contributed by atoms with E-state index in [0.29, 0.717) is 56.8 Å². The van der Waals surface area contributed by atoms with Crippen LogP contribution in [0.15, 0.2) is 41.2 Å². The number of nitrogens with zero attached hydrogens (tertiary/aromatic N) is 4. The van der Waals surface area contributed by atoms with Crippen molar-refractivity contribution >= 4 is 17.3 Å². The highest BCUT2D eigenvalue weighted by Gasteiger charge is 2.38. The third-order valence-electron chi connectivity index (χ3n) is 7.80. The van der Waals surface area contributed by atoms with Crippen LogP contribution in [0.4, 0.5) is 11.4 Å². The molecular formula is C25H30N4O6. The molecule has 2 unspecified atom stereocenters. The van der Waals surface area contributed by atoms with Crippen molar-refractivity contribution < 1.29 is 19.2 Å². The van der Waals surface area contributed by atoms with Crippen LogP contribution in [0.2, 0.25) is 0 Å². The van der Waals surface area contributed by atoms with Gasteiger partial charge in [-0.25, -0.2) is 0 Å². The van der Waals surface area contributed by atoms with E-state index in [-0.39, 0.29) is 29.0 Å². The molecular weight excluding hydrogens is 452 g/mol. The van der Waals surface area contributed by atoms with Gasteiger partial charge in [-0.3, -0.25) is 19.7 Å². The lowest BCUT2D eigenvalue weighted by atomic mass is 9.83. The van der Waals surface area contributed by atoms with Gasteiger partial charge in [-0.2, -0.15) is 0 Å². The van der Waals surface area contributed by atoms with Crippen molar-refractivity contribution in [3.8, 4) is 0 Å². The molecule has 0 radical (unpaired) electrons. The van der Waals surface area contributed by atoms with E-state index < -0.39 is 10.7 Å². The lowest BCUT2D eigenvalue weighted by molar-refractivity contribution is -0.384. The molecule has 1 aromatic carbocycles. The fourth-order valence-electron chi connectivity index (χ4n) is 5.89. The smallest absolute Gasteiger partial charge is 0.293 e. The Bertz CT molecular complexity index is 1200. The van der Waals surface area contributed by atoms with Gasteiger partial charge in [-0.05, 0) is 30.5 Å². The van der Waals surface area contributed by atoms with E-state index in [1.54, 1.807) is 43.4 Å². The predicted octanol–water partition coefficient (Wildman–Crippen LogP) is 2.61. The monoisotopic (exact) mass is 482 g/mol. The first-order valence-electron chi connectivity index (χ1n) is 12.0. The number of carbonyl (C=O) groups excluding carboxylic acids is 1. The zero-order valence-corrected chi connectivity index (χ0v) is 20.0. The topological polar surface area (TPSA) is 107 Å². The highest BCUT2D eigenvalue weighted by Crippen LogP contribution is 2.40. The summed E-state index contributed by atoms with van der Waals surface area (Å²) in [6.45, 7) is 2.74. The van der Waals surface area contributed by atoms with Crippen molar-refractivity contribution in [2.24, 2.45) is 5.92 Å². The summed E-state index contributed by atoms with van der Waals surface area (Å²) in [5.41, 5.74) is 1.74. The number of pyridine rings is 1. The van der Waals surface area contributed by atoms with Gasteiger partial charge in [0.2, 0.25) is 0 Å². The predicted molar refractivity (Wildman–Crippen MR) is 129 cm³/mol. The van der Waals surface area contributed by atoms with Crippen LogP contribution >= 0.6 is 0 Å². The summed E-state index contributed by atoms with van der Waals surface area (Å²) in [5.74, 6) is -0.558. The first-order valence-corrected chi connectivity index (χ1v) is 12.0. The number of likely N-dealkylation sites (tertiary alicyclic amines) is 1. The minimum Gasteiger partial charge on any atom is -0.365 e. The first kappa shape index (κ1) is 23.5. The number of anilines is 1. The van der Waals surface area contributed by atoms with Crippen LogP contribution in [0.1, 0.15) is 41.2 Å². The second-order valence-corrected chi connectivity index (χ2v) is 9.67. The highest BCUT2D eigenvalue weighted by atomic mass is 16.7. The molecule has 3 aliphatic rings. The SMILES string of the molecule is COC1(OC)CCN(C(=O)c2ccc(N3CC4CC(C3)c3cccc(=O)n3C4)c([N+](=O)[O-])c2)CC1. The molecule has 3 aliphatic heterocycles. The number of amides is 1. The number of aromatic nitrogens is 1. The summed E-state index contributed by atoms with van der Waals surface area (Å²) < 4.78 is 12.8. The molecule has 0 N–H and O–H groups in total. The Morgan fingerprint density at radius 2 is 1.83 bits per heavy atom. The Balaban J connectivity index is 1.38. The number of carbonyl (C=O) groups is 1. The molecule has 35 heavy (non-hydrogen) atoms. The van der Waals surface area contributed by atoms with E-state index in [4.69, 9.17) is 9.47 Å². The molecule has 0 spiro atoms. The third-order valence-corrected chi connectivity index (χ3v) is 7.80. The van der Waals surface area contributed by atoms with Crippen LogP contribution in [0.25, 0.3) is 0 Å². The lowest BCUT2D eigenvalue weighted by Gasteiger charge is -2.43. The normalized spacial score (nSPS) is 23.0. The molecule has 0 aliphatic carbocycles. The maximum atomic E-state index is 13.2. The van der Waals surface area contributed by atoms with Crippen molar-refractivity contribution in [1.82, 2.24) is 9.47 Å². The van der Waals surface area contributed by atoms with Crippen LogP contribution in [0.5, 0.6) is 0 Å².